The average Bonchev–Trinajstić information content (AvgIpc) is 2.91. The lowest BCUT2D eigenvalue weighted by molar-refractivity contribution is -0.152. The van der Waals surface area contributed by atoms with Gasteiger partial charge in [-0.25, -0.2) is 0 Å². The number of esters is 2. The first-order valence-electron chi connectivity index (χ1n) is 13.4. The molecule has 0 heterocycles. The molecular formula is C28H38O9. The number of carbonyl (C=O) groups is 4. The second-order valence-corrected chi connectivity index (χ2v) is 10.1. The van der Waals surface area contributed by atoms with E-state index in [0.29, 0.717) is 76.1 Å². The van der Waals surface area contributed by atoms with Crippen LogP contribution < -0.4 is 9.47 Å². The molecule has 9 heteroatoms. The van der Waals surface area contributed by atoms with Crippen molar-refractivity contribution in [3.05, 3.63) is 24.3 Å². The van der Waals surface area contributed by atoms with Crippen molar-refractivity contribution in [1.29, 1.82) is 0 Å². The number of hydrogen-bond donors (Lipinski definition) is 2. The highest BCUT2D eigenvalue weighted by Gasteiger charge is 2.31. The lowest BCUT2D eigenvalue weighted by Crippen LogP contribution is -2.28. The monoisotopic (exact) mass is 518 g/mol. The molecule has 9 nitrogen and oxygen atoms in total. The van der Waals surface area contributed by atoms with E-state index in [1.54, 1.807) is 24.3 Å². The van der Waals surface area contributed by atoms with Crippen molar-refractivity contribution in [3.8, 4) is 11.5 Å². The molecule has 3 rings (SSSR count). The van der Waals surface area contributed by atoms with Gasteiger partial charge in [0.15, 0.2) is 0 Å². The Kier molecular flexibility index (Phi) is 11.2. The summed E-state index contributed by atoms with van der Waals surface area (Å²) in [6, 6.07) is 6.90. The van der Waals surface area contributed by atoms with Crippen molar-refractivity contribution < 1.29 is 43.6 Å². The van der Waals surface area contributed by atoms with Gasteiger partial charge in [0, 0.05) is 0 Å². The van der Waals surface area contributed by atoms with Gasteiger partial charge in [-0.1, -0.05) is 0 Å². The minimum Gasteiger partial charge on any atom is -0.494 e. The Morgan fingerprint density at radius 3 is 1.54 bits per heavy atom. The first-order valence-corrected chi connectivity index (χ1v) is 13.4. The third-order valence-corrected chi connectivity index (χ3v) is 7.41. The molecule has 0 aliphatic heterocycles. The largest absolute Gasteiger partial charge is 0.494 e. The summed E-state index contributed by atoms with van der Waals surface area (Å²) in [5.74, 6) is -2.06. The molecule has 37 heavy (non-hydrogen) atoms. The zero-order valence-corrected chi connectivity index (χ0v) is 21.3. The number of ether oxygens (including phenoxy) is 3. The highest BCUT2D eigenvalue weighted by atomic mass is 16.5. The zero-order valence-electron chi connectivity index (χ0n) is 21.3. The summed E-state index contributed by atoms with van der Waals surface area (Å²) in [5.41, 5.74) is 0. The Labute approximate surface area is 217 Å². The van der Waals surface area contributed by atoms with E-state index in [1.807, 2.05) is 0 Å². The number of benzene rings is 1. The molecule has 0 saturated heterocycles. The second-order valence-electron chi connectivity index (χ2n) is 10.1. The number of aliphatic carboxylic acids is 2. The van der Waals surface area contributed by atoms with E-state index in [9.17, 15) is 19.2 Å². The van der Waals surface area contributed by atoms with Crippen LogP contribution in [0.4, 0.5) is 0 Å². The second kappa shape index (κ2) is 14.6. The minimum absolute atomic E-state index is 0.169. The maximum Gasteiger partial charge on any atom is 0.314 e. The standard InChI is InChI=1S/C28H38O9/c29-25(30)19-5-9-21(10-6-19)27(33)36-18-4-2-1-3-17-35-23-13-15-24(16-14-23)37-28(34)22-11-7-20(8-12-22)26(31)32/h13-16,19-22H,1-12,17-18H2,(H,29,30)(H,31,32). The van der Waals surface area contributed by atoms with E-state index in [-0.39, 0.29) is 35.6 Å². The lowest BCUT2D eigenvalue weighted by atomic mass is 9.82. The van der Waals surface area contributed by atoms with E-state index in [0.717, 1.165) is 25.7 Å². The summed E-state index contributed by atoms with van der Waals surface area (Å²) in [4.78, 5) is 46.5. The van der Waals surface area contributed by atoms with Crippen LogP contribution in [0, 0.1) is 23.7 Å². The Morgan fingerprint density at radius 1 is 0.595 bits per heavy atom. The van der Waals surface area contributed by atoms with Crippen LogP contribution in [0.5, 0.6) is 11.5 Å². The molecule has 2 aliphatic rings. The van der Waals surface area contributed by atoms with Gasteiger partial charge in [-0.15, -0.1) is 0 Å². The molecule has 0 radical (unpaired) electrons. The van der Waals surface area contributed by atoms with Gasteiger partial charge < -0.3 is 24.4 Å². The van der Waals surface area contributed by atoms with Crippen molar-refractivity contribution in [2.24, 2.45) is 23.7 Å². The highest BCUT2D eigenvalue weighted by molar-refractivity contribution is 5.76. The van der Waals surface area contributed by atoms with Crippen molar-refractivity contribution in [3.63, 3.8) is 0 Å². The van der Waals surface area contributed by atoms with Crippen molar-refractivity contribution in [2.45, 2.75) is 77.0 Å². The quantitative estimate of drug-likeness (QED) is 0.213. The van der Waals surface area contributed by atoms with Crippen LogP contribution in [0.3, 0.4) is 0 Å². The van der Waals surface area contributed by atoms with E-state index >= 15 is 0 Å². The molecule has 0 amide bonds. The Bertz CT molecular complexity index is 895. The topological polar surface area (TPSA) is 136 Å². The van der Waals surface area contributed by atoms with Gasteiger partial charge in [-0.3, -0.25) is 19.2 Å². The van der Waals surface area contributed by atoms with Gasteiger partial charge >= 0.3 is 23.9 Å². The summed E-state index contributed by atoms with van der Waals surface area (Å²) in [6.07, 6.45) is 7.86. The molecule has 0 spiro atoms. The summed E-state index contributed by atoms with van der Waals surface area (Å²) >= 11 is 0. The summed E-state index contributed by atoms with van der Waals surface area (Å²) in [6.45, 7) is 0.943. The van der Waals surface area contributed by atoms with Gasteiger partial charge in [0.2, 0.25) is 0 Å². The summed E-state index contributed by atoms with van der Waals surface area (Å²) in [5, 5.41) is 18.1. The van der Waals surface area contributed by atoms with Gasteiger partial charge in [-0.2, -0.15) is 0 Å². The number of carbonyl (C=O) groups excluding carboxylic acids is 2. The third kappa shape index (κ3) is 9.37. The Hall–Kier alpha value is -3.10. The number of unbranched alkanes of at least 4 members (excludes halogenated alkanes) is 3. The van der Waals surface area contributed by atoms with Crippen molar-refractivity contribution in [1.82, 2.24) is 0 Å². The van der Waals surface area contributed by atoms with E-state index in [1.165, 1.54) is 0 Å². The molecule has 0 atom stereocenters. The number of carboxylic acids is 2. The summed E-state index contributed by atoms with van der Waals surface area (Å²) < 4.78 is 16.6. The number of hydrogen-bond acceptors (Lipinski definition) is 7. The van der Waals surface area contributed by atoms with Crippen LogP contribution in [-0.4, -0.2) is 47.3 Å². The fourth-order valence-electron chi connectivity index (χ4n) is 4.99. The minimum atomic E-state index is -0.794. The van der Waals surface area contributed by atoms with Crippen molar-refractivity contribution >= 4 is 23.9 Å². The van der Waals surface area contributed by atoms with Crippen LogP contribution in [-0.2, 0) is 23.9 Å². The maximum atomic E-state index is 12.4. The molecule has 2 aliphatic carbocycles. The molecule has 2 fully saturated rings. The van der Waals surface area contributed by atoms with Crippen LogP contribution in [0.15, 0.2) is 24.3 Å². The molecule has 0 unspecified atom stereocenters. The number of rotatable bonds is 13. The summed E-state index contributed by atoms with van der Waals surface area (Å²) in [7, 11) is 0. The van der Waals surface area contributed by atoms with Gasteiger partial charge in [0.1, 0.15) is 11.5 Å². The maximum absolute atomic E-state index is 12.4. The predicted molar refractivity (Wildman–Crippen MR) is 133 cm³/mol. The Balaban J connectivity index is 1.21. The normalized spacial score (nSPS) is 23.6. The first-order chi connectivity index (χ1) is 17.8. The molecule has 1 aromatic rings. The van der Waals surface area contributed by atoms with Gasteiger partial charge in [0.05, 0.1) is 36.9 Å². The first kappa shape index (κ1) is 28.5. The average molecular weight is 519 g/mol. The molecule has 2 saturated carbocycles. The molecule has 0 aromatic heterocycles. The van der Waals surface area contributed by atoms with E-state index in [4.69, 9.17) is 24.4 Å². The SMILES string of the molecule is O=C(O)C1CCC(C(=O)OCCCCCCOc2ccc(OC(=O)C3CCC(C(=O)O)CC3)cc2)CC1. The van der Waals surface area contributed by atoms with E-state index in [2.05, 4.69) is 0 Å². The molecule has 2 N–H and O–H groups in total. The molecular weight excluding hydrogens is 480 g/mol. The van der Waals surface area contributed by atoms with Gasteiger partial charge in [0.25, 0.3) is 0 Å². The molecule has 1 aromatic carbocycles. The predicted octanol–water partition coefficient (Wildman–Crippen LogP) is 4.86. The molecule has 204 valence electrons. The third-order valence-electron chi connectivity index (χ3n) is 7.41. The van der Waals surface area contributed by atoms with Crippen LogP contribution >= 0.6 is 0 Å². The molecule has 0 bridgehead atoms. The van der Waals surface area contributed by atoms with Crippen LogP contribution in [0.1, 0.15) is 77.0 Å². The van der Waals surface area contributed by atoms with Crippen molar-refractivity contribution in [2.75, 3.05) is 13.2 Å². The number of carboxylic acid groups (broad SMARTS) is 2. The Morgan fingerprint density at radius 2 is 1.03 bits per heavy atom. The zero-order chi connectivity index (χ0) is 26.6. The fraction of sp³-hybridized carbons (Fsp3) is 0.643. The lowest BCUT2D eigenvalue weighted by Gasteiger charge is -2.24. The smallest absolute Gasteiger partial charge is 0.314 e. The van der Waals surface area contributed by atoms with Crippen LogP contribution in [0.2, 0.25) is 0 Å². The highest BCUT2D eigenvalue weighted by Crippen LogP contribution is 2.31. The fourth-order valence-corrected chi connectivity index (χ4v) is 4.99. The van der Waals surface area contributed by atoms with Crippen LogP contribution in [0.25, 0.3) is 0 Å². The van der Waals surface area contributed by atoms with E-state index < -0.39 is 11.9 Å². The van der Waals surface area contributed by atoms with Gasteiger partial charge in [-0.05, 0) is 101 Å².